The molecule has 3 amide bonds. The lowest BCUT2D eigenvalue weighted by Gasteiger charge is -2.25. The third-order valence-corrected chi connectivity index (χ3v) is 3.84. The minimum absolute atomic E-state index is 0.267. The zero-order valence-electron chi connectivity index (χ0n) is 12.3. The average Bonchev–Trinajstić information content (AvgIpc) is 3.30. The van der Waals surface area contributed by atoms with Crippen molar-refractivity contribution >= 4 is 11.9 Å². The molecule has 5 nitrogen and oxygen atoms in total. The summed E-state index contributed by atoms with van der Waals surface area (Å²) in [6.07, 6.45) is 2.16. The number of hydrogen-bond acceptors (Lipinski definition) is 2. The molecule has 6 heteroatoms. The molecule has 0 heterocycles. The molecule has 0 saturated heterocycles. The number of carbonyl (C=O) groups excluding carboxylic acids is 2. The van der Waals surface area contributed by atoms with Crippen LogP contribution in [0.25, 0.3) is 0 Å². The van der Waals surface area contributed by atoms with E-state index in [1.807, 2.05) is 6.92 Å². The standard InChI is InChI=1S/C15H20FN3O2/c1-10(14(20)18-15(21)17-2)19(13-7-8-13)9-11-3-5-12(16)6-4-11/h3-6,10,13H,7-9H2,1-2H3,(H2,17,18,20,21)/p+1/t10-/m0/s1. The SMILES string of the molecule is CNC(=O)NC(=O)[C@H](C)[NH+](Cc1ccc(F)cc1)C1CC1. The van der Waals surface area contributed by atoms with E-state index in [0.29, 0.717) is 12.6 Å². The van der Waals surface area contributed by atoms with Crippen LogP contribution in [0.3, 0.4) is 0 Å². The number of amides is 3. The molecule has 0 radical (unpaired) electrons. The Morgan fingerprint density at radius 1 is 1.33 bits per heavy atom. The van der Waals surface area contributed by atoms with Gasteiger partial charge in [0.1, 0.15) is 12.4 Å². The number of carbonyl (C=O) groups is 2. The summed E-state index contributed by atoms with van der Waals surface area (Å²) in [6, 6.07) is 5.93. The molecule has 1 aliphatic carbocycles. The topological polar surface area (TPSA) is 62.6 Å². The largest absolute Gasteiger partial charge is 0.341 e. The summed E-state index contributed by atoms with van der Waals surface area (Å²) < 4.78 is 12.9. The van der Waals surface area contributed by atoms with Gasteiger partial charge in [0.15, 0.2) is 6.04 Å². The van der Waals surface area contributed by atoms with E-state index in [2.05, 4.69) is 10.6 Å². The highest BCUT2D eigenvalue weighted by atomic mass is 19.1. The second-order valence-corrected chi connectivity index (χ2v) is 5.44. The van der Waals surface area contributed by atoms with E-state index in [4.69, 9.17) is 0 Å². The highest BCUT2D eigenvalue weighted by Gasteiger charge is 2.39. The number of imide groups is 1. The maximum atomic E-state index is 12.9. The first-order chi connectivity index (χ1) is 10.0. The van der Waals surface area contributed by atoms with Crippen molar-refractivity contribution in [2.75, 3.05) is 7.05 Å². The highest BCUT2D eigenvalue weighted by Crippen LogP contribution is 2.16. The van der Waals surface area contributed by atoms with Crippen molar-refractivity contribution in [1.82, 2.24) is 10.6 Å². The van der Waals surface area contributed by atoms with Gasteiger partial charge in [-0.1, -0.05) is 12.1 Å². The van der Waals surface area contributed by atoms with E-state index in [9.17, 15) is 14.0 Å². The fraction of sp³-hybridized carbons (Fsp3) is 0.467. The molecule has 0 bridgehead atoms. The van der Waals surface area contributed by atoms with Crippen LogP contribution in [0.1, 0.15) is 25.3 Å². The number of nitrogens with one attached hydrogen (secondary N) is 3. The predicted molar refractivity (Wildman–Crippen MR) is 76.1 cm³/mol. The van der Waals surface area contributed by atoms with E-state index in [-0.39, 0.29) is 17.8 Å². The Kier molecular flexibility index (Phi) is 4.90. The molecular formula is C15H21FN3O2+. The lowest BCUT2D eigenvalue weighted by molar-refractivity contribution is -0.938. The second kappa shape index (κ2) is 6.67. The van der Waals surface area contributed by atoms with Crippen LogP contribution in [0.5, 0.6) is 0 Å². The van der Waals surface area contributed by atoms with Gasteiger partial charge in [-0.15, -0.1) is 0 Å². The summed E-state index contributed by atoms with van der Waals surface area (Å²) in [5.41, 5.74) is 0.984. The summed E-state index contributed by atoms with van der Waals surface area (Å²) >= 11 is 0. The van der Waals surface area contributed by atoms with Gasteiger partial charge in [0.25, 0.3) is 5.91 Å². The van der Waals surface area contributed by atoms with E-state index >= 15 is 0 Å². The van der Waals surface area contributed by atoms with Crippen molar-refractivity contribution in [2.45, 2.75) is 38.4 Å². The van der Waals surface area contributed by atoms with E-state index < -0.39 is 6.03 Å². The summed E-state index contributed by atoms with van der Waals surface area (Å²) in [6.45, 7) is 2.46. The smallest absolute Gasteiger partial charge is 0.321 e. The van der Waals surface area contributed by atoms with Gasteiger partial charge in [0.2, 0.25) is 0 Å². The molecule has 114 valence electrons. The van der Waals surface area contributed by atoms with Gasteiger partial charge in [-0.25, -0.2) is 9.18 Å². The van der Waals surface area contributed by atoms with Crippen molar-refractivity contribution in [3.63, 3.8) is 0 Å². The zero-order chi connectivity index (χ0) is 15.4. The molecule has 1 unspecified atom stereocenters. The first-order valence-corrected chi connectivity index (χ1v) is 7.14. The van der Waals surface area contributed by atoms with Crippen LogP contribution in [0.15, 0.2) is 24.3 Å². The fourth-order valence-electron chi connectivity index (χ4n) is 2.39. The predicted octanol–water partition coefficient (Wildman–Crippen LogP) is 0.217. The van der Waals surface area contributed by atoms with Crippen LogP contribution in [-0.2, 0) is 11.3 Å². The van der Waals surface area contributed by atoms with Gasteiger partial charge >= 0.3 is 6.03 Å². The molecule has 0 aromatic heterocycles. The molecule has 3 N–H and O–H groups in total. The Labute approximate surface area is 123 Å². The molecule has 1 aliphatic rings. The van der Waals surface area contributed by atoms with E-state index in [0.717, 1.165) is 23.3 Å². The van der Waals surface area contributed by atoms with Gasteiger partial charge in [0, 0.05) is 25.5 Å². The van der Waals surface area contributed by atoms with Crippen LogP contribution in [0.2, 0.25) is 0 Å². The number of benzene rings is 1. The molecule has 1 fully saturated rings. The van der Waals surface area contributed by atoms with E-state index in [1.165, 1.54) is 19.2 Å². The molecule has 0 aliphatic heterocycles. The Hall–Kier alpha value is -1.95. The number of hydrogen-bond donors (Lipinski definition) is 3. The Morgan fingerprint density at radius 3 is 2.48 bits per heavy atom. The molecule has 2 atom stereocenters. The van der Waals surface area contributed by atoms with Gasteiger partial charge in [-0.2, -0.15) is 0 Å². The average molecular weight is 294 g/mol. The monoisotopic (exact) mass is 294 g/mol. The molecule has 21 heavy (non-hydrogen) atoms. The fourth-order valence-corrected chi connectivity index (χ4v) is 2.39. The third-order valence-electron chi connectivity index (χ3n) is 3.84. The zero-order valence-corrected chi connectivity index (χ0v) is 12.3. The van der Waals surface area contributed by atoms with Crippen molar-refractivity contribution < 1.29 is 18.9 Å². The Bertz CT molecular complexity index is 514. The maximum Gasteiger partial charge on any atom is 0.321 e. The number of halogens is 1. The van der Waals surface area contributed by atoms with Gasteiger partial charge in [0.05, 0.1) is 6.04 Å². The lowest BCUT2D eigenvalue weighted by Crippen LogP contribution is -3.16. The molecule has 2 rings (SSSR count). The van der Waals surface area contributed by atoms with Crippen molar-refractivity contribution in [2.24, 2.45) is 0 Å². The van der Waals surface area contributed by atoms with Crippen LogP contribution in [-0.4, -0.2) is 31.1 Å². The van der Waals surface area contributed by atoms with Crippen LogP contribution in [0, 0.1) is 5.82 Å². The molecule has 1 aromatic carbocycles. The summed E-state index contributed by atoms with van der Waals surface area (Å²) in [4.78, 5) is 24.4. The van der Waals surface area contributed by atoms with Crippen molar-refractivity contribution in [1.29, 1.82) is 0 Å². The third kappa shape index (κ3) is 4.26. The van der Waals surface area contributed by atoms with Crippen LogP contribution < -0.4 is 15.5 Å². The minimum atomic E-state index is -0.497. The summed E-state index contributed by atoms with van der Waals surface area (Å²) in [7, 11) is 1.47. The molecular weight excluding hydrogens is 273 g/mol. The molecule has 0 spiro atoms. The Balaban J connectivity index is 2.02. The van der Waals surface area contributed by atoms with Gasteiger partial charge in [-0.3, -0.25) is 10.1 Å². The van der Waals surface area contributed by atoms with Crippen LogP contribution >= 0.6 is 0 Å². The maximum absolute atomic E-state index is 12.9. The minimum Gasteiger partial charge on any atom is -0.341 e. The van der Waals surface area contributed by atoms with Crippen LogP contribution in [0.4, 0.5) is 9.18 Å². The molecule has 1 saturated carbocycles. The highest BCUT2D eigenvalue weighted by molar-refractivity contribution is 5.96. The number of urea groups is 1. The quantitative estimate of drug-likeness (QED) is 0.727. The van der Waals surface area contributed by atoms with E-state index in [1.54, 1.807) is 12.1 Å². The summed E-state index contributed by atoms with van der Waals surface area (Å²) in [5, 5.41) is 4.69. The summed E-state index contributed by atoms with van der Waals surface area (Å²) in [5.74, 6) is -0.560. The molecule has 1 aromatic rings. The Morgan fingerprint density at radius 2 is 1.95 bits per heavy atom. The van der Waals surface area contributed by atoms with Gasteiger partial charge < -0.3 is 10.2 Å². The normalized spacial score (nSPS) is 16.9. The lowest BCUT2D eigenvalue weighted by atomic mass is 10.1. The van der Waals surface area contributed by atoms with Gasteiger partial charge in [-0.05, 0) is 19.1 Å². The van der Waals surface area contributed by atoms with Crippen molar-refractivity contribution in [3.8, 4) is 0 Å². The second-order valence-electron chi connectivity index (χ2n) is 5.44. The first-order valence-electron chi connectivity index (χ1n) is 7.14. The number of rotatable bonds is 5. The number of quaternary nitrogens is 1. The first kappa shape index (κ1) is 15.4. The van der Waals surface area contributed by atoms with Crippen molar-refractivity contribution in [3.05, 3.63) is 35.6 Å².